The summed E-state index contributed by atoms with van der Waals surface area (Å²) in [6, 6.07) is 6.00. The maximum atomic E-state index is 12.2. The number of benzene rings is 1. The summed E-state index contributed by atoms with van der Waals surface area (Å²) in [6.45, 7) is 1.83. The van der Waals surface area contributed by atoms with Crippen molar-refractivity contribution in [3.63, 3.8) is 0 Å². The molecule has 0 atom stereocenters. The normalized spacial score (nSPS) is 15.3. The summed E-state index contributed by atoms with van der Waals surface area (Å²) in [4.78, 5) is 22.4. The van der Waals surface area contributed by atoms with Crippen LogP contribution in [0.3, 0.4) is 0 Å². The highest BCUT2D eigenvalue weighted by Gasteiger charge is 2.19. The topological polar surface area (TPSA) is 115 Å². The van der Waals surface area contributed by atoms with Crippen LogP contribution in [0.5, 0.6) is 0 Å². The van der Waals surface area contributed by atoms with Gasteiger partial charge >= 0.3 is 0 Å². The third-order valence-electron chi connectivity index (χ3n) is 3.74. The van der Waals surface area contributed by atoms with Crippen LogP contribution in [0.2, 0.25) is 0 Å². The predicted octanol–water partition coefficient (Wildman–Crippen LogP) is 1.36. The van der Waals surface area contributed by atoms with Gasteiger partial charge in [0.2, 0.25) is 0 Å². The Hall–Kier alpha value is -2.81. The zero-order valence-electron chi connectivity index (χ0n) is 12.3. The number of amides is 1. The third kappa shape index (κ3) is 3.51. The van der Waals surface area contributed by atoms with E-state index in [-0.39, 0.29) is 17.4 Å². The predicted molar refractivity (Wildman–Crippen MR) is 82.2 cm³/mol. The maximum absolute atomic E-state index is 12.2. The van der Waals surface area contributed by atoms with Crippen molar-refractivity contribution in [3.8, 4) is 0 Å². The first-order valence-electron chi connectivity index (χ1n) is 7.32. The number of non-ortho nitro benzene ring substituents is 1. The molecule has 1 aromatic carbocycles. The Morgan fingerprint density at radius 1 is 1.39 bits per heavy atom. The minimum absolute atomic E-state index is 0.0823. The molecule has 9 heteroatoms. The van der Waals surface area contributed by atoms with Gasteiger partial charge in [0.15, 0.2) is 5.69 Å². The van der Waals surface area contributed by atoms with Crippen molar-refractivity contribution in [1.29, 1.82) is 0 Å². The van der Waals surface area contributed by atoms with Crippen molar-refractivity contribution in [3.05, 3.63) is 46.3 Å². The second-order valence-electron chi connectivity index (χ2n) is 5.33. The fraction of sp³-hybridized carbons (Fsp3) is 0.357. The van der Waals surface area contributed by atoms with E-state index in [1.807, 2.05) is 0 Å². The molecule has 120 valence electrons. The molecular formula is C14H16N6O3. The zero-order chi connectivity index (χ0) is 16.2. The summed E-state index contributed by atoms with van der Waals surface area (Å²) in [5, 5.41) is 24.5. The van der Waals surface area contributed by atoms with Gasteiger partial charge in [-0.15, -0.1) is 5.10 Å². The number of piperidine rings is 1. The molecule has 23 heavy (non-hydrogen) atoms. The summed E-state index contributed by atoms with van der Waals surface area (Å²) in [7, 11) is 0. The Morgan fingerprint density at radius 2 is 2.17 bits per heavy atom. The van der Waals surface area contributed by atoms with Gasteiger partial charge in [0.25, 0.3) is 11.6 Å². The molecule has 0 unspecified atom stereocenters. The summed E-state index contributed by atoms with van der Waals surface area (Å²) >= 11 is 0. The van der Waals surface area contributed by atoms with Crippen molar-refractivity contribution in [2.45, 2.75) is 18.9 Å². The molecular weight excluding hydrogens is 300 g/mol. The van der Waals surface area contributed by atoms with Gasteiger partial charge in [-0.25, -0.2) is 4.68 Å². The van der Waals surface area contributed by atoms with E-state index in [9.17, 15) is 14.9 Å². The van der Waals surface area contributed by atoms with Crippen LogP contribution in [0.1, 0.15) is 29.4 Å². The molecule has 1 aliphatic rings. The summed E-state index contributed by atoms with van der Waals surface area (Å²) < 4.78 is 1.71. The fourth-order valence-electron chi connectivity index (χ4n) is 2.52. The first kappa shape index (κ1) is 15.1. The zero-order valence-corrected chi connectivity index (χ0v) is 12.3. The average molecular weight is 316 g/mol. The van der Waals surface area contributed by atoms with E-state index in [1.54, 1.807) is 16.9 Å². The van der Waals surface area contributed by atoms with E-state index in [0.29, 0.717) is 5.69 Å². The van der Waals surface area contributed by atoms with Crippen molar-refractivity contribution in [2.24, 2.45) is 0 Å². The van der Waals surface area contributed by atoms with Crippen LogP contribution in [-0.2, 0) is 0 Å². The number of hydrogen-bond donors (Lipinski definition) is 2. The van der Waals surface area contributed by atoms with E-state index in [0.717, 1.165) is 25.9 Å². The van der Waals surface area contributed by atoms with Gasteiger partial charge in [0, 0.05) is 17.8 Å². The molecule has 0 aliphatic carbocycles. The van der Waals surface area contributed by atoms with Gasteiger partial charge in [-0.3, -0.25) is 14.9 Å². The van der Waals surface area contributed by atoms with Crippen LogP contribution in [0.25, 0.3) is 0 Å². The second kappa shape index (κ2) is 6.53. The highest BCUT2D eigenvalue weighted by atomic mass is 16.6. The minimum Gasteiger partial charge on any atom is -0.320 e. The standard InChI is InChI=1S/C14H16N6O3/c21-14(16-10-2-1-3-12(8-10)20(22)23)13-9-19(18-17-13)11-4-6-15-7-5-11/h1-3,8-9,11,15H,4-7H2,(H,16,21). The lowest BCUT2D eigenvalue weighted by molar-refractivity contribution is -0.384. The largest absolute Gasteiger partial charge is 0.320 e. The lowest BCUT2D eigenvalue weighted by Crippen LogP contribution is -2.29. The maximum Gasteiger partial charge on any atom is 0.277 e. The van der Waals surface area contributed by atoms with Gasteiger partial charge in [-0.05, 0) is 32.0 Å². The number of nitro groups is 1. The molecule has 0 bridgehead atoms. The van der Waals surface area contributed by atoms with E-state index in [2.05, 4.69) is 20.9 Å². The molecule has 2 aromatic rings. The molecule has 1 saturated heterocycles. The number of carbonyl (C=O) groups is 1. The Bertz CT molecular complexity index is 723. The Labute approximate surface area is 131 Å². The minimum atomic E-state index is -0.511. The molecule has 0 radical (unpaired) electrons. The van der Waals surface area contributed by atoms with E-state index in [1.165, 1.54) is 18.2 Å². The van der Waals surface area contributed by atoms with Crippen LogP contribution < -0.4 is 10.6 Å². The Kier molecular flexibility index (Phi) is 4.29. The smallest absolute Gasteiger partial charge is 0.277 e. The highest BCUT2D eigenvalue weighted by Crippen LogP contribution is 2.19. The number of nitrogens with zero attached hydrogens (tertiary/aromatic N) is 4. The number of carbonyl (C=O) groups excluding carboxylic acids is 1. The van der Waals surface area contributed by atoms with Gasteiger partial charge in [-0.2, -0.15) is 0 Å². The van der Waals surface area contributed by atoms with Gasteiger partial charge in [0.1, 0.15) is 0 Å². The van der Waals surface area contributed by atoms with Gasteiger partial charge < -0.3 is 10.6 Å². The van der Waals surface area contributed by atoms with Crippen LogP contribution in [0.4, 0.5) is 11.4 Å². The monoisotopic (exact) mass is 316 g/mol. The van der Waals surface area contributed by atoms with E-state index in [4.69, 9.17) is 0 Å². The number of hydrogen-bond acceptors (Lipinski definition) is 6. The molecule has 1 aliphatic heterocycles. The lowest BCUT2D eigenvalue weighted by atomic mass is 10.1. The first-order valence-corrected chi connectivity index (χ1v) is 7.32. The molecule has 1 amide bonds. The number of anilines is 1. The number of aromatic nitrogens is 3. The lowest BCUT2D eigenvalue weighted by Gasteiger charge is -2.22. The molecule has 1 fully saturated rings. The molecule has 2 N–H and O–H groups in total. The molecule has 9 nitrogen and oxygen atoms in total. The summed E-state index contributed by atoms with van der Waals surface area (Å²) in [5.41, 5.74) is 0.455. The van der Waals surface area contributed by atoms with Crippen LogP contribution in [0, 0.1) is 10.1 Å². The average Bonchev–Trinajstić information content (AvgIpc) is 3.06. The van der Waals surface area contributed by atoms with Crippen molar-refractivity contribution >= 4 is 17.3 Å². The van der Waals surface area contributed by atoms with E-state index < -0.39 is 10.8 Å². The van der Waals surface area contributed by atoms with Gasteiger partial charge in [-0.1, -0.05) is 11.3 Å². The van der Waals surface area contributed by atoms with Crippen molar-refractivity contribution < 1.29 is 9.72 Å². The van der Waals surface area contributed by atoms with Crippen LogP contribution in [-0.4, -0.2) is 38.9 Å². The second-order valence-corrected chi connectivity index (χ2v) is 5.33. The van der Waals surface area contributed by atoms with E-state index >= 15 is 0 Å². The highest BCUT2D eigenvalue weighted by molar-refractivity contribution is 6.02. The van der Waals surface area contributed by atoms with Crippen LogP contribution >= 0.6 is 0 Å². The first-order chi connectivity index (χ1) is 11.1. The van der Waals surface area contributed by atoms with Crippen molar-refractivity contribution in [1.82, 2.24) is 20.3 Å². The van der Waals surface area contributed by atoms with Gasteiger partial charge in [0.05, 0.1) is 17.2 Å². The molecule has 3 rings (SSSR count). The number of nitrogens with one attached hydrogen (secondary N) is 2. The van der Waals surface area contributed by atoms with Crippen molar-refractivity contribution in [2.75, 3.05) is 18.4 Å². The third-order valence-corrected chi connectivity index (χ3v) is 3.74. The summed E-state index contributed by atoms with van der Waals surface area (Å²) in [6.07, 6.45) is 3.49. The Balaban J connectivity index is 1.70. The van der Waals surface area contributed by atoms with Crippen LogP contribution in [0.15, 0.2) is 30.5 Å². The molecule has 0 saturated carbocycles. The Morgan fingerprint density at radius 3 is 2.91 bits per heavy atom. The fourth-order valence-corrected chi connectivity index (χ4v) is 2.52. The SMILES string of the molecule is O=C(Nc1cccc([N+](=O)[O-])c1)c1cn(C2CCNCC2)nn1. The quantitative estimate of drug-likeness (QED) is 0.650. The molecule has 1 aromatic heterocycles. The molecule has 2 heterocycles. The number of nitro benzene ring substituents is 1. The molecule has 0 spiro atoms. The summed E-state index contributed by atoms with van der Waals surface area (Å²) in [5.74, 6) is -0.439. The number of rotatable bonds is 4.